The largest absolute Gasteiger partial charge is 0.496 e. The van der Waals surface area contributed by atoms with Crippen LogP contribution in [0.15, 0.2) is 30.3 Å². The van der Waals surface area contributed by atoms with Gasteiger partial charge in [0.2, 0.25) is 0 Å². The van der Waals surface area contributed by atoms with Gasteiger partial charge >= 0.3 is 5.97 Å². The van der Waals surface area contributed by atoms with E-state index < -0.39 is 5.97 Å². The average molecular weight is 297 g/mol. The molecule has 0 aliphatic rings. The van der Waals surface area contributed by atoms with Gasteiger partial charge in [0.25, 0.3) is 0 Å². The zero-order chi connectivity index (χ0) is 15.9. The van der Waals surface area contributed by atoms with E-state index in [9.17, 15) is 9.90 Å². The van der Waals surface area contributed by atoms with E-state index in [4.69, 9.17) is 10.5 Å². The molecule has 0 spiro atoms. The van der Waals surface area contributed by atoms with Gasteiger partial charge in [0.05, 0.1) is 12.6 Å². The molecule has 6 heteroatoms. The van der Waals surface area contributed by atoms with Crippen molar-refractivity contribution in [1.82, 2.24) is 10.2 Å². The molecule has 0 amide bonds. The van der Waals surface area contributed by atoms with Gasteiger partial charge in [-0.1, -0.05) is 12.1 Å². The number of aromatic amines is 1. The van der Waals surface area contributed by atoms with Crippen LogP contribution in [0.25, 0.3) is 22.0 Å². The van der Waals surface area contributed by atoms with Crippen LogP contribution in [0.5, 0.6) is 5.75 Å². The molecule has 0 saturated carbocycles. The molecule has 0 fully saturated rings. The van der Waals surface area contributed by atoms with Crippen LogP contribution >= 0.6 is 0 Å². The van der Waals surface area contributed by atoms with Gasteiger partial charge in [-0.05, 0) is 30.7 Å². The van der Waals surface area contributed by atoms with Gasteiger partial charge < -0.3 is 15.6 Å². The third kappa shape index (κ3) is 2.05. The van der Waals surface area contributed by atoms with Gasteiger partial charge in [-0.2, -0.15) is 5.10 Å². The molecule has 0 radical (unpaired) electrons. The molecule has 3 rings (SSSR count). The third-order valence-corrected chi connectivity index (χ3v) is 3.61. The summed E-state index contributed by atoms with van der Waals surface area (Å²) in [5.74, 6) is -0.745. The van der Waals surface area contributed by atoms with Crippen molar-refractivity contribution in [2.75, 3.05) is 12.8 Å². The number of nitrogens with zero attached hydrogens (tertiary/aromatic N) is 1. The topological polar surface area (TPSA) is 101 Å². The number of H-pyrrole nitrogens is 1. The highest BCUT2D eigenvalue weighted by atomic mass is 16.5. The number of nitrogen functional groups attached to an aromatic ring is 1. The second-order valence-corrected chi connectivity index (χ2v) is 5.00. The van der Waals surface area contributed by atoms with Crippen LogP contribution in [0, 0.1) is 6.92 Å². The van der Waals surface area contributed by atoms with E-state index in [0.29, 0.717) is 22.5 Å². The molecule has 6 nitrogen and oxygen atoms in total. The molecule has 0 bridgehead atoms. The number of hydrogen-bond acceptors (Lipinski definition) is 4. The predicted molar refractivity (Wildman–Crippen MR) is 84.2 cm³/mol. The summed E-state index contributed by atoms with van der Waals surface area (Å²) in [6.45, 7) is 1.88. The molecular weight excluding hydrogens is 282 g/mol. The predicted octanol–water partition coefficient (Wildman–Crippen LogP) is 2.83. The molecular formula is C16H15N3O3. The molecule has 0 aliphatic carbocycles. The van der Waals surface area contributed by atoms with Crippen molar-refractivity contribution in [1.29, 1.82) is 0 Å². The maximum Gasteiger partial charge on any atom is 0.340 e. The first kappa shape index (κ1) is 13.9. The number of benzene rings is 2. The highest BCUT2D eigenvalue weighted by molar-refractivity contribution is 6.06. The highest BCUT2D eigenvalue weighted by Crippen LogP contribution is 2.37. The second-order valence-electron chi connectivity index (χ2n) is 5.00. The molecule has 0 atom stereocenters. The normalized spacial score (nSPS) is 10.8. The van der Waals surface area contributed by atoms with Crippen LogP contribution in [0.1, 0.15) is 16.1 Å². The molecule has 1 aromatic heterocycles. The Labute approximate surface area is 126 Å². The molecule has 2 aromatic carbocycles. The first-order chi connectivity index (χ1) is 10.5. The Morgan fingerprint density at radius 2 is 2.09 bits per heavy atom. The SMILES string of the molecule is COc1cccc(-c2cc(N)cc3n[nH]c(C)c23)c1C(=O)O. The smallest absolute Gasteiger partial charge is 0.340 e. The quantitative estimate of drug-likeness (QED) is 0.645. The molecule has 4 N–H and O–H groups in total. The number of anilines is 1. The van der Waals surface area contributed by atoms with Crippen LogP contribution in [0.4, 0.5) is 5.69 Å². The van der Waals surface area contributed by atoms with Crippen LogP contribution in [-0.4, -0.2) is 28.4 Å². The van der Waals surface area contributed by atoms with Crippen molar-refractivity contribution >= 4 is 22.6 Å². The number of aromatic carboxylic acids is 1. The Hall–Kier alpha value is -3.02. The summed E-state index contributed by atoms with van der Waals surface area (Å²) in [7, 11) is 1.45. The van der Waals surface area contributed by atoms with Gasteiger partial charge in [-0.3, -0.25) is 5.10 Å². The molecule has 3 aromatic rings. The molecule has 1 heterocycles. The minimum Gasteiger partial charge on any atom is -0.496 e. The summed E-state index contributed by atoms with van der Waals surface area (Å²) in [4.78, 5) is 11.7. The third-order valence-electron chi connectivity index (χ3n) is 3.61. The van der Waals surface area contributed by atoms with Crippen LogP contribution < -0.4 is 10.5 Å². The van der Waals surface area contributed by atoms with E-state index in [1.54, 1.807) is 30.3 Å². The Balaban J connectivity index is 2.42. The average Bonchev–Trinajstić information content (AvgIpc) is 2.86. The first-order valence-corrected chi connectivity index (χ1v) is 6.67. The summed E-state index contributed by atoms with van der Waals surface area (Å²) in [5.41, 5.74) is 9.39. The number of fused-ring (bicyclic) bond motifs is 1. The Bertz CT molecular complexity index is 884. The Morgan fingerprint density at radius 1 is 1.32 bits per heavy atom. The second kappa shape index (κ2) is 5.07. The number of rotatable bonds is 3. The number of aryl methyl sites for hydroxylation is 1. The molecule has 0 aliphatic heterocycles. The first-order valence-electron chi connectivity index (χ1n) is 6.67. The van der Waals surface area contributed by atoms with E-state index in [1.807, 2.05) is 6.92 Å². The number of aromatic nitrogens is 2. The number of methoxy groups -OCH3 is 1. The van der Waals surface area contributed by atoms with Gasteiger partial charge in [0, 0.05) is 22.3 Å². The fourth-order valence-electron chi connectivity index (χ4n) is 2.69. The summed E-state index contributed by atoms with van der Waals surface area (Å²) < 4.78 is 5.19. The number of nitrogens with one attached hydrogen (secondary N) is 1. The lowest BCUT2D eigenvalue weighted by atomic mass is 9.94. The van der Waals surface area contributed by atoms with Crippen LogP contribution in [0.3, 0.4) is 0 Å². The van der Waals surface area contributed by atoms with Crippen LogP contribution in [-0.2, 0) is 0 Å². The molecule has 0 saturated heterocycles. The fourth-order valence-corrected chi connectivity index (χ4v) is 2.69. The Kier molecular flexibility index (Phi) is 3.21. The number of carboxylic acid groups (broad SMARTS) is 1. The van der Waals surface area contributed by atoms with E-state index in [-0.39, 0.29) is 5.56 Å². The van der Waals surface area contributed by atoms with Crippen molar-refractivity contribution in [3.63, 3.8) is 0 Å². The van der Waals surface area contributed by atoms with Gasteiger partial charge in [-0.15, -0.1) is 0 Å². The fraction of sp³-hybridized carbons (Fsp3) is 0.125. The number of carbonyl (C=O) groups is 1. The lowest BCUT2D eigenvalue weighted by Crippen LogP contribution is -2.03. The van der Waals surface area contributed by atoms with Crippen molar-refractivity contribution in [2.24, 2.45) is 0 Å². The van der Waals surface area contributed by atoms with E-state index in [2.05, 4.69) is 10.2 Å². The molecule has 0 unspecified atom stereocenters. The molecule has 112 valence electrons. The maximum atomic E-state index is 11.7. The van der Waals surface area contributed by atoms with E-state index in [1.165, 1.54) is 7.11 Å². The van der Waals surface area contributed by atoms with E-state index >= 15 is 0 Å². The summed E-state index contributed by atoms with van der Waals surface area (Å²) in [6, 6.07) is 8.63. The zero-order valence-corrected chi connectivity index (χ0v) is 12.2. The van der Waals surface area contributed by atoms with Gasteiger partial charge in [0.1, 0.15) is 11.3 Å². The van der Waals surface area contributed by atoms with Crippen molar-refractivity contribution in [3.05, 3.63) is 41.6 Å². The highest BCUT2D eigenvalue weighted by Gasteiger charge is 2.20. The Morgan fingerprint density at radius 3 is 2.77 bits per heavy atom. The van der Waals surface area contributed by atoms with Gasteiger partial charge in [0.15, 0.2) is 0 Å². The summed E-state index contributed by atoms with van der Waals surface area (Å²) in [6.07, 6.45) is 0. The number of hydrogen-bond donors (Lipinski definition) is 3. The zero-order valence-electron chi connectivity index (χ0n) is 12.2. The minimum absolute atomic E-state index is 0.109. The number of nitrogens with two attached hydrogens (primary N) is 1. The summed E-state index contributed by atoms with van der Waals surface area (Å²) in [5, 5.41) is 17.5. The van der Waals surface area contributed by atoms with Crippen molar-refractivity contribution in [3.8, 4) is 16.9 Å². The minimum atomic E-state index is -1.05. The monoisotopic (exact) mass is 297 g/mol. The maximum absolute atomic E-state index is 11.7. The van der Waals surface area contributed by atoms with E-state index in [0.717, 1.165) is 16.6 Å². The number of ether oxygens (including phenoxy) is 1. The lowest BCUT2D eigenvalue weighted by molar-refractivity contribution is 0.0694. The van der Waals surface area contributed by atoms with Crippen molar-refractivity contribution in [2.45, 2.75) is 6.92 Å². The van der Waals surface area contributed by atoms with Crippen molar-refractivity contribution < 1.29 is 14.6 Å². The summed E-state index contributed by atoms with van der Waals surface area (Å²) >= 11 is 0. The standard InChI is InChI=1S/C16H15N3O3/c1-8-14-11(6-9(17)7-12(14)19-18-8)10-4-3-5-13(22-2)15(10)16(20)21/h3-7H,17H2,1-2H3,(H,18,19)(H,20,21). The molecule has 22 heavy (non-hydrogen) atoms. The van der Waals surface area contributed by atoms with Crippen LogP contribution in [0.2, 0.25) is 0 Å². The van der Waals surface area contributed by atoms with Gasteiger partial charge in [-0.25, -0.2) is 4.79 Å². The lowest BCUT2D eigenvalue weighted by Gasteiger charge is -2.12. The number of carboxylic acids is 1.